The van der Waals surface area contributed by atoms with E-state index in [1.807, 2.05) is 0 Å². The number of oxime groups is 1. The van der Waals surface area contributed by atoms with Crippen molar-refractivity contribution in [3.63, 3.8) is 0 Å². The molecule has 0 amide bonds. The Kier molecular flexibility index (Phi) is 6.28. The highest BCUT2D eigenvalue weighted by Gasteiger charge is 2.08. The summed E-state index contributed by atoms with van der Waals surface area (Å²) in [5, 5.41) is 3.90. The van der Waals surface area contributed by atoms with E-state index < -0.39 is 5.97 Å². The Morgan fingerprint density at radius 1 is 1.04 bits per heavy atom. The van der Waals surface area contributed by atoms with E-state index >= 15 is 0 Å². The highest BCUT2D eigenvalue weighted by molar-refractivity contribution is 5.94. The monoisotopic (exact) mass is 341 g/mol. The summed E-state index contributed by atoms with van der Waals surface area (Å²) < 4.78 is 9.89. The molecule has 0 fully saturated rings. The SMILES string of the molecule is COC(=O)c1ccc(C=NOCc2cc(C(C)=O)ccc2OC)cc1. The third-order valence-corrected chi connectivity index (χ3v) is 3.52. The minimum Gasteiger partial charge on any atom is -0.496 e. The lowest BCUT2D eigenvalue weighted by atomic mass is 10.1. The zero-order chi connectivity index (χ0) is 18.2. The Bertz CT molecular complexity index is 781. The smallest absolute Gasteiger partial charge is 0.337 e. The Balaban J connectivity index is 2.00. The van der Waals surface area contributed by atoms with Gasteiger partial charge in [0.1, 0.15) is 12.4 Å². The van der Waals surface area contributed by atoms with Crippen LogP contribution in [-0.4, -0.2) is 32.2 Å². The van der Waals surface area contributed by atoms with Gasteiger partial charge in [-0.3, -0.25) is 4.79 Å². The van der Waals surface area contributed by atoms with Crippen molar-refractivity contribution < 1.29 is 23.9 Å². The number of ketones is 1. The van der Waals surface area contributed by atoms with Gasteiger partial charge in [0.25, 0.3) is 0 Å². The average Bonchev–Trinajstić information content (AvgIpc) is 2.64. The molecule has 0 N–H and O–H groups in total. The van der Waals surface area contributed by atoms with Gasteiger partial charge in [-0.15, -0.1) is 0 Å². The van der Waals surface area contributed by atoms with Crippen LogP contribution in [0.15, 0.2) is 47.6 Å². The summed E-state index contributed by atoms with van der Waals surface area (Å²) in [6.45, 7) is 1.67. The van der Waals surface area contributed by atoms with Crippen molar-refractivity contribution in [2.24, 2.45) is 5.16 Å². The van der Waals surface area contributed by atoms with E-state index in [1.54, 1.807) is 49.6 Å². The summed E-state index contributed by atoms with van der Waals surface area (Å²) in [6.07, 6.45) is 1.53. The predicted molar refractivity (Wildman–Crippen MR) is 93.2 cm³/mol. The number of hydrogen-bond acceptors (Lipinski definition) is 6. The van der Waals surface area contributed by atoms with Gasteiger partial charge in [-0.2, -0.15) is 0 Å². The molecular formula is C19H19NO5. The van der Waals surface area contributed by atoms with E-state index in [0.29, 0.717) is 16.9 Å². The van der Waals surface area contributed by atoms with E-state index in [1.165, 1.54) is 20.2 Å². The second-order valence-corrected chi connectivity index (χ2v) is 5.20. The molecule has 0 radical (unpaired) electrons. The van der Waals surface area contributed by atoms with Crippen molar-refractivity contribution in [2.45, 2.75) is 13.5 Å². The number of rotatable bonds is 7. The quantitative estimate of drug-likeness (QED) is 0.334. The number of nitrogens with zero attached hydrogens (tertiary/aromatic N) is 1. The second kappa shape index (κ2) is 8.63. The lowest BCUT2D eigenvalue weighted by Gasteiger charge is -2.08. The van der Waals surface area contributed by atoms with Gasteiger partial charge < -0.3 is 14.3 Å². The lowest BCUT2D eigenvalue weighted by Crippen LogP contribution is -2.00. The van der Waals surface area contributed by atoms with E-state index in [-0.39, 0.29) is 12.4 Å². The second-order valence-electron chi connectivity index (χ2n) is 5.20. The Morgan fingerprint density at radius 2 is 1.72 bits per heavy atom. The number of esters is 1. The van der Waals surface area contributed by atoms with E-state index in [0.717, 1.165) is 11.1 Å². The molecule has 0 spiro atoms. The average molecular weight is 341 g/mol. The van der Waals surface area contributed by atoms with Crippen LogP contribution >= 0.6 is 0 Å². The number of ether oxygens (including phenoxy) is 2. The maximum Gasteiger partial charge on any atom is 0.337 e. The molecule has 0 saturated heterocycles. The van der Waals surface area contributed by atoms with Crippen molar-refractivity contribution in [1.82, 2.24) is 0 Å². The van der Waals surface area contributed by atoms with Gasteiger partial charge in [0, 0.05) is 11.1 Å². The molecule has 0 bridgehead atoms. The van der Waals surface area contributed by atoms with Crippen molar-refractivity contribution in [3.05, 3.63) is 64.7 Å². The van der Waals surface area contributed by atoms with Crippen LogP contribution < -0.4 is 4.74 Å². The Hall–Kier alpha value is -3.15. The molecule has 0 aliphatic heterocycles. The number of benzene rings is 2. The molecule has 6 nitrogen and oxygen atoms in total. The number of carbonyl (C=O) groups is 2. The molecule has 6 heteroatoms. The van der Waals surface area contributed by atoms with Crippen LogP contribution in [0.1, 0.15) is 38.8 Å². The number of hydrogen-bond donors (Lipinski definition) is 0. The lowest BCUT2D eigenvalue weighted by molar-refractivity contribution is 0.0600. The third kappa shape index (κ3) is 4.91. The Morgan fingerprint density at radius 3 is 2.32 bits per heavy atom. The zero-order valence-electron chi connectivity index (χ0n) is 14.3. The summed E-state index contributed by atoms with van der Waals surface area (Å²) in [5.74, 6) is 0.206. The largest absolute Gasteiger partial charge is 0.496 e. The molecule has 25 heavy (non-hydrogen) atoms. The maximum atomic E-state index is 11.5. The van der Waals surface area contributed by atoms with Crippen LogP contribution in [0.4, 0.5) is 0 Å². The molecule has 2 aromatic rings. The number of carbonyl (C=O) groups excluding carboxylic acids is 2. The summed E-state index contributed by atoms with van der Waals surface area (Å²) in [4.78, 5) is 28.1. The van der Waals surface area contributed by atoms with Crippen molar-refractivity contribution in [2.75, 3.05) is 14.2 Å². The molecule has 2 rings (SSSR count). The van der Waals surface area contributed by atoms with E-state index in [2.05, 4.69) is 9.89 Å². The van der Waals surface area contributed by atoms with Gasteiger partial charge in [0.05, 0.1) is 26.0 Å². The fraction of sp³-hybridized carbons (Fsp3) is 0.211. The molecule has 0 aliphatic rings. The number of Topliss-reactive ketones (excluding diaryl/α,β-unsaturated/α-hetero) is 1. The van der Waals surface area contributed by atoms with Gasteiger partial charge in [-0.05, 0) is 42.8 Å². The van der Waals surface area contributed by atoms with Crippen LogP contribution in [0.3, 0.4) is 0 Å². The van der Waals surface area contributed by atoms with Crippen LogP contribution in [0.5, 0.6) is 5.75 Å². The standard InChI is InChI=1S/C19H19NO5/c1-13(21)16-8-9-18(23-2)17(10-16)12-25-20-11-14-4-6-15(7-5-14)19(22)24-3/h4-11H,12H2,1-3H3. The van der Waals surface area contributed by atoms with Gasteiger partial charge >= 0.3 is 5.97 Å². The number of methoxy groups -OCH3 is 2. The fourth-order valence-electron chi connectivity index (χ4n) is 2.14. The molecule has 0 heterocycles. The first kappa shape index (κ1) is 18.2. The summed E-state index contributed by atoms with van der Waals surface area (Å²) in [6, 6.07) is 11.9. The molecule has 0 unspecified atom stereocenters. The maximum absolute atomic E-state index is 11.5. The normalized spacial score (nSPS) is 10.5. The topological polar surface area (TPSA) is 74.2 Å². The minimum atomic E-state index is -0.391. The van der Waals surface area contributed by atoms with E-state index in [9.17, 15) is 9.59 Å². The molecule has 0 saturated carbocycles. The van der Waals surface area contributed by atoms with Crippen molar-refractivity contribution >= 4 is 18.0 Å². The third-order valence-electron chi connectivity index (χ3n) is 3.52. The molecule has 2 aromatic carbocycles. The van der Waals surface area contributed by atoms with Crippen molar-refractivity contribution in [1.29, 1.82) is 0 Å². The first-order chi connectivity index (χ1) is 12.0. The first-order valence-corrected chi connectivity index (χ1v) is 7.56. The zero-order valence-corrected chi connectivity index (χ0v) is 14.3. The molecule has 0 atom stereocenters. The van der Waals surface area contributed by atoms with Crippen LogP contribution in [0.25, 0.3) is 0 Å². The molecule has 0 aliphatic carbocycles. The van der Waals surface area contributed by atoms with Gasteiger partial charge in [0.15, 0.2) is 5.78 Å². The van der Waals surface area contributed by atoms with E-state index in [4.69, 9.17) is 9.57 Å². The summed E-state index contributed by atoms with van der Waals surface area (Å²) in [5.41, 5.74) is 2.55. The highest BCUT2D eigenvalue weighted by atomic mass is 16.6. The summed E-state index contributed by atoms with van der Waals surface area (Å²) in [7, 11) is 2.89. The molecule has 130 valence electrons. The predicted octanol–water partition coefficient (Wildman–Crippen LogP) is 3.24. The van der Waals surface area contributed by atoms with Gasteiger partial charge in [-0.25, -0.2) is 4.79 Å². The van der Waals surface area contributed by atoms with Crippen molar-refractivity contribution in [3.8, 4) is 5.75 Å². The molecule has 0 aromatic heterocycles. The fourth-order valence-corrected chi connectivity index (χ4v) is 2.14. The minimum absolute atomic E-state index is 0.0295. The van der Waals surface area contributed by atoms with Crippen LogP contribution in [0.2, 0.25) is 0 Å². The van der Waals surface area contributed by atoms with Crippen LogP contribution in [-0.2, 0) is 16.2 Å². The van der Waals surface area contributed by atoms with Gasteiger partial charge in [-0.1, -0.05) is 17.3 Å². The highest BCUT2D eigenvalue weighted by Crippen LogP contribution is 2.21. The Labute approximate surface area is 146 Å². The molecular weight excluding hydrogens is 322 g/mol. The van der Waals surface area contributed by atoms with Crippen LogP contribution in [0, 0.1) is 0 Å². The summed E-state index contributed by atoms with van der Waals surface area (Å²) >= 11 is 0. The van der Waals surface area contributed by atoms with Gasteiger partial charge in [0.2, 0.25) is 0 Å². The first-order valence-electron chi connectivity index (χ1n) is 7.56.